The van der Waals surface area contributed by atoms with Gasteiger partial charge in [0.05, 0.1) is 26.4 Å². The Morgan fingerprint density at radius 3 is 2.36 bits per heavy atom. The molecular formula is C21H36N4O3. The summed E-state index contributed by atoms with van der Waals surface area (Å²) >= 11 is 0. The third kappa shape index (κ3) is 6.01. The van der Waals surface area contributed by atoms with Gasteiger partial charge in [0.1, 0.15) is 0 Å². The molecule has 1 heterocycles. The van der Waals surface area contributed by atoms with Crippen molar-refractivity contribution in [2.24, 2.45) is 4.99 Å². The van der Waals surface area contributed by atoms with Gasteiger partial charge in [-0.3, -0.25) is 9.89 Å². The average Bonchev–Trinajstić information content (AvgIpc) is 2.67. The van der Waals surface area contributed by atoms with E-state index in [1.54, 1.807) is 21.3 Å². The van der Waals surface area contributed by atoms with E-state index in [0.29, 0.717) is 6.54 Å². The summed E-state index contributed by atoms with van der Waals surface area (Å²) in [6.07, 6.45) is 0.510. The van der Waals surface area contributed by atoms with Crippen molar-refractivity contribution < 1.29 is 14.2 Å². The quantitative estimate of drug-likeness (QED) is 0.548. The molecule has 0 bridgehead atoms. The molecule has 158 valence electrons. The Balaban J connectivity index is 1.90. The molecule has 0 spiro atoms. The molecule has 2 atom stereocenters. The molecule has 28 heavy (non-hydrogen) atoms. The number of hydrogen-bond acceptors (Lipinski definition) is 5. The maximum absolute atomic E-state index is 5.86. The largest absolute Gasteiger partial charge is 0.493 e. The van der Waals surface area contributed by atoms with Crippen molar-refractivity contribution >= 4 is 5.96 Å². The first kappa shape index (κ1) is 22.3. The molecule has 0 radical (unpaired) electrons. The van der Waals surface area contributed by atoms with Crippen molar-refractivity contribution in [3.05, 3.63) is 23.8 Å². The molecule has 1 aliphatic rings. The van der Waals surface area contributed by atoms with E-state index in [4.69, 9.17) is 14.2 Å². The molecule has 1 saturated heterocycles. The number of ether oxygens (including phenoxy) is 3. The SMILES string of the molecule is CN=C(NCc1ccc(OC)c(OC)c1)NCC(C)(C)N1CC(C)OC(C)C1. The lowest BCUT2D eigenvalue weighted by atomic mass is 10.00. The first-order chi connectivity index (χ1) is 13.3. The van der Waals surface area contributed by atoms with Gasteiger partial charge in [-0.2, -0.15) is 0 Å². The Morgan fingerprint density at radius 2 is 1.79 bits per heavy atom. The molecule has 1 aromatic rings. The highest BCUT2D eigenvalue weighted by Crippen LogP contribution is 2.27. The molecule has 7 nitrogen and oxygen atoms in total. The summed E-state index contributed by atoms with van der Waals surface area (Å²) in [5, 5.41) is 6.83. The Morgan fingerprint density at radius 1 is 1.14 bits per heavy atom. The topological polar surface area (TPSA) is 67.4 Å². The number of hydrogen-bond donors (Lipinski definition) is 2. The average molecular weight is 393 g/mol. The van der Waals surface area contributed by atoms with E-state index in [9.17, 15) is 0 Å². The van der Waals surface area contributed by atoms with Crippen molar-refractivity contribution in [3.63, 3.8) is 0 Å². The van der Waals surface area contributed by atoms with Crippen LogP contribution >= 0.6 is 0 Å². The van der Waals surface area contributed by atoms with Crippen LogP contribution in [0.15, 0.2) is 23.2 Å². The molecule has 2 unspecified atom stereocenters. The van der Waals surface area contributed by atoms with Crippen molar-refractivity contribution in [3.8, 4) is 11.5 Å². The van der Waals surface area contributed by atoms with Crippen molar-refractivity contribution in [1.82, 2.24) is 15.5 Å². The lowest BCUT2D eigenvalue weighted by Crippen LogP contribution is -2.59. The van der Waals surface area contributed by atoms with E-state index in [2.05, 4.69) is 48.2 Å². The summed E-state index contributed by atoms with van der Waals surface area (Å²) in [6.45, 7) is 12.1. The molecule has 2 rings (SSSR count). The number of nitrogens with one attached hydrogen (secondary N) is 2. The molecule has 0 amide bonds. The van der Waals surface area contributed by atoms with Gasteiger partial charge in [0.25, 0.3) is 0 Å². The number of aliphatic imine (C=N–C) groups is 1. The van der Waals surface area contributed by atoms with Crippen LogP contribution in [0.3, 0.4) is 0 Å². The van der Waals surface area contributed by atoms with Crippen molar-refractivity contribution in [1.29, 1.82) is 0 Å². The van der Waals surface area contributed by atoms with E-state index >= 15 is 0 Å². The lowest BCUT2D eigenvalue weighted by molar-refractivity contribution is -0.0946. The van der Waals surface area contributed by atoms with Crippen LogP contribution in [-0.2, 0) is 11.3 Å². The first-order valence-corrected chi connectivity index (χ1v) is 9.85. The summed E-state index contributed by atoms with van der Waals surface area (Å²) in [5.41, 5.74) is 1.09. The fraction of sp³-hybridized carbons (Fsp3) is 0.667. The van der Waals surface area contributed by atoms with E-state index in [1.165, 1.54) is 0 Å². The summed E-state index contributed by atoms with van der Waals surface area (Å²) < 4.78 is 16.5. The molecule has 2 N–H and O–H groups in total. The van der Waals surface area contributed by atoms with E-state index in [1.807, 2.05) is 18.2 Å². The smallest absolute Gasteiger partial charge is 0.191 e. The maximum atomic E-state index is 5.86. The highest BCUT2D eigenvalue weighted by molar-refractivity contribution is 5.79. The van der Waals surface area contributed by atoms with Crippen LogP contribution in [0.4, 0.5) is 0 Å². The Hall–Kier alpha value is -1.99. The Bertz CT molecular complexity index is 653. The Kier molecular flexibility index (Phi) is 7.95. The van der Waals surface area contributed by atoms with Gasteiger partial charge >= 0.3 is 0 Å². The fourth-order valence-corrected chi connectivity index (χ4v) is 3.48. The van der Waals surface area contributed by atoms with Gasteiger partial charge in [-0.05, 0) is 45.4 Å². The minimum absolute atomic E-state index is 0.00669. The molecule has 1 aliphatic heterocycles. The van der Waals surface area contributed by atoms with Gasteiger partial charge < -0.3 is 24.8 Å². The summed E-state index contributed by atoms with van der Waals surface area (Å²) in [5.74, 6) is 2.23. The zero-order chi connectivity index (χ0) is 20.7. The molecule has 1 fully saturated rings. The van der Waals surface area contributed by atoms with Crippen LogP contribution in [0.25, 0.3) is 0 Å². The van der Waals surface area contributed by atoms with Crippen LogP contribution in [0.2, 0.25) is 0 Å². The highest BCUT2D eigenvalue weighted by Gasteiger charge is 2.33. The summed E-state index contributed by atoms with van der Waals surface area (Å²) in [4.78, 5) is 6.84. The summed E-state index contributed by atoms with van der Waals surface area (Å²) in [6, 6.07) is 5.90. The van der Waals surface area contributed by atoms with Crippen LogP contribution in [-0.4, -0.2) is 69.5 Å². The second-order valence-electron chi connectivity index (χ2n) is 7.94. The molecule has 0 aromatic heterocycles. The normalized spacial score (nSPS) is 21.3. The minimum atomic E-state index is -0.00669. The van der Waals surface area contributed by atoms with Gasteiger partial charge in [-0.15, -0.1) is 0 Å². The lowest BCUT2D eigenvalue weighted by Gasteiger charge is -2.45. The second kappa shape index (κ2) is 9.98. The number of methoxy groups -OCH3 is 2. The molecule has 0 aliphatic carbocycles. The van der Waals surface area contributed by atoms with Crippen LogP contribution in [0.1, 0.15) is 33.3 Å². The number of morpholine rings is 1. The Labute approximate surface area is 169 Å². The standard InChI is InChI=1S/C21H36N4O3/c1-15-12-25(13-16(2)28-15)21(3,4)14-24-20(22-5)23-11-17-8-9-18(26-6)19(10-17)27-7/h8-10,15-16H,11-14H2,1-7H3,(H2,22,23,24). The van der Waals surface area contributed by atoms with E-state index in [-0.39, 0.29) is 17.7 Å². The van der Waals surface area contributed by atoms with Crippen molar-refractivity contribution in [2.45, 2.75) is 52.0 Å². The summed E-state index contributed by atoms with van der Waals surface area (Å²) in [7, 11) is 5.07. The maximum Gasteiger partial charge on any atom is 0.191 e. The van der Waals surface area contributed by atoms with Crippen molar-refractivity contribution in [2.75, 3.05) is 40.9 Å². The van der Waals surface area contributed by atoms with Gasteiger partial charge in [0.15, 0.2) is 17.5 Å². The van der Waals surface area contributed by atoms with Crippen LogP contribution < -0.4 is 20.1 Å². The number of guanidine groups is 1. The third-order valence-corrected chi connectivity index (χ3v) is 5.10. The zero-order valence-corrected chi connectivity index (χ0v) is 18.3. The van der Waals surface area contributed by atoms with Crippen LogP contribution in [0, 0.1) is 0 Å². The molecule has 7 heteroatoms. The fourth-order valence-electron chi connectivity index (χ4n) is 3.48. The number of rotatable bonds is 7. The first-order valence-electron chi connectivity index (χ1n) is 9.85. The highest BCUT2D eigenvalue weighted by atomic mass is 16.5. The molecule has 1 aromatic carbocycles. The number of benzene rings is 1. The predicted octanol–water partition coefficient (Wildman–Crippen LogP) is 2.26. The minimum Gasteiger partial charge on any atom is -0.493 e. The van der Waals surface area contributed by atoms with Gasteiger partial charge in [-0.1, -0.05) is 6.07 Å². The monoisotopic (exact) mass is 392 g/mol. The molecule has 0 saturated carbocycles. The van der Waals surface area contributed by atoms with Gasteiger partial charge in [0, 0.05) is 38.8 Å². The van der Waals surface area contributed by atoms with Crippen LogP contribution in [0.5, 0.6) is 11.5 Å². The van der Waals surface area contributed by atoms with E-state index < -0.39 is 0 Å². The predicted molar refractivity (Wildman–Crippen MR) is 113 cm³/mol. The second-order valence-corrected chi connectivity index (χ2v) is 7.94. The third-order valence-electron chi connectivity index (χ3n) is 5.10. The zero-order valence-electron chi connectivity index (χ0n) is 18.3. The molecular weight excluding hydrogens is 356 g/mol. The van der Waals surface area contributed by atoms with Gasteiger partial charge in [0.2, 0.25) is 0 Å². The van der Waals surface area contributed by atoms with E-state index in [0.717, 1.165) is 42.7 Å². The van der Waals surface area contributed by atoms with Gasteiger partial charge in [-0.25, -0.2) is 0 Å². The number of nitrogens with zero attached hydrogens (tertiary/aromatic N) is 2.